The number of nitrogens with two attached hydrogens (primary N) is 1. The molecule has 6 heteroatoms. The molecule has 1 amide bonds. The summed E-state index contributed by atoms with van der Waals surface area (Å²) in [4.78, 5) is 12.6. The molecular weight excluding hydrogens is 356 g/mol. The molecule has 0 saturated heterocycles. The van der Waals surface area contributed by atoms with Gasteiger partial charge >= 0.3 is 0 Å². The van der Waals surface area contributed by atoms with E-state index in [1.807, 2.05) is 68.6 Å². The Bertz CT molecular complexity index is 779. The average Bonchev–Trinajstić information content (AvgIpc) is 2.69. The second kappa shape index (κ2) is 10.6. The van der Waals surface area contributed by atoms with Crippen molar-refractivity contribution in [1.82, 2.24) is 0 Å². The lowest BCUT2D eigenvalue weighted by Gasteiger charge is -2.19. The zero-order chi connectivity index (χ0) is 20.5. The van der Waals surface area contributed by atoms with Gasteiger partial charge in [0.05, 0.1) is 26.0 Å². The lowest BCUT2D eigenvalue weighted by molar-refractivity contribution is -0.709. The predicted octanol–water partition coefficient (Wildman–Crippen LogP) is 3.14. The summed E-state index contributed by atoms with van der Waals surface area (Å²) in [7, 11) is 1.59. The number of rotatable bonds is 10. The third-order valence-corrected chi connectivity index (χ3v) is 4.45. The van der Waals surface area contributed by atoms with Crippen LogP contribution in [0.1, 0.15) is 39.3 Å². The van der Waals surface area contributed by atoms with E-state index in [0.29, 0.717) is 24.7 Å². The van der Waals surface area contributed by atoms with E-state index in [2.05, 4.69) is 12.2 Å². The van der Waals surface area contributed by atoms with E-state index >= 15 is 0 Å². The number of anilines is 1. The summed E-state index contributed by atoms with van der Waals surface area (Å²) < 4.78 is 16.6. The zero-order valence-corrected chi connectivity index (χ0v) is 17.3. The van der Waals surface area contributed by atoms with Crippen molar-refractivity contribution in [3.63, 3.8) is 0 Å². The van der Waals surface area contributed by atoms with Crippen molar-refractivity contribution in [1.29, 1.82) is 0 Å². The number of hydrogen-bond donors (Lipinski definition) is 2. The van der Waals surface area contributed by atoms with E-state index in [1.54, 1.807) is 7.11 Å². The number of carbonyl (C=O) groups is 1. The molecule has 28 heavy (non-hydrogen) atoms. The molecule has 0 aromatic heterocycles. The number of benzene rings is 2. The second-order valence-electron chi connectivity index (χ2n) is 6.53. The van der Waals surface area contributed by atoms with Gasteiger partial charge in [0.2, 0.25) is 0 Å². The summed E-state index contributed by atoms with van der Waals surface area (Å²) in [5, 5.41) is 4.96. The van der Waals surface area contributed by atoms with E-state index in [1.165, 1.54) is 0 Å². The molecule has 0 heterocycles. The maximum atomic E-state index is 12.6. The normalized spacial score (nSPS) is 12.8. The third kappa shape index (κ3) is 5.63. The zero-order valence-electron chi connectivity index (χ0n) is 17.3. The van der Waals surface area contributed by atoms with Gasteiger partial charge in [-0.15, -0.1) is 0 Å². The molecule has 6 nitrogen and oxygen atoms in total. The highest BCUT2D eigenvalue weighted by atomic mass is 16.5. The molecule has 2 atom stereocenters. The topological polar surface area (TPSA) is 73.4 Å². The Kier molecular flexibility index (Phi) is 8.14. The van der Waals surface area contributed by atoms with Gasteiger partial charge in [-0.2, -0.15) is 0 Å². The predicted molar refractivity (Wildman–Crippen MR) is 110 cm³/mol. The molecule has 3 N–H and O–H groups in total. The van der Waals surface area contributed by atoms with Crippen molar-refractivity contribution in [2.45, 2.75) is 39.8 Å². The van der Waals surface area contributed by atoms with Crippen LogP contribution in [0.4, 0.5) is 5.69 Å². The molecule has 0 fully saturated rings. The number of methoxy groups -OCH3 is 1. The summed E-state index contributed by atoms with van der Waals surface area (Å²) in [6.07, 6.45) is 0. The largest absolute Gasteiger partial charge is 0.495 e. The van der Waals surface area contributed by atoms with Gasteiger partial charge in [-0.05, 0) is 58.0 Å². The quantitative estimate of drug-likeness (QED) is 0.657. The number of carbonyl (C=O) groups excluding carboxylic acids is 1. The first-order chi connectivity index (χ1) is 13.5. The van der Waals surface area contributed by atoms with E-state index in [9.17, 15) is 4.79 Å². The molecule has 2 aromatic rings. The maximum Gasteiger partial charge on any atom is 0.282 e. The minimum absolute atomic E-state index is 0.0766. The van der Waals surface area contributed by atoms with E-state index in [4.69, 9.17) is 14.2 Å². The molecule has 0 radical (unpaired) electrons. The molecule has 0 aliphatic heterocycles. The van der Waals surface area contributed by atoms with Crippen LogP contribution in [0, 0.1) is 0 Å². The molecule has 0 bridgehead atoms. The number of ether oxygens (including phenoxy) is 3. The Balaban J connectivity index is 2.05. The Morgan fingerprint density at radius 2 is 1.68 bits per heavy atom. The van der Waals surface area contributed by atoms with Gasteiger partial charge in [-0.25, -0.2) is 0 Å². The van der Waals surface area contributed by atoms with Gasteiger partial charge in [-0.3, -0.25) is 4.79 Å². The molecule has 2 rings (SSSR count). The number of amides is 1. The summed E-state index contributed by atoms with van der Waals surface area (Å²) in [6, 6.07) is 13.1. The van der Waals surface area contributed by atoms with Crippen LogP contribution in [0.2, 0.25) is 0 Å². The molecule has 0 spiro atoms. The lowest BCUT2D eigenvalue weighted by atomic mass is 10.1. The van der Waals surface area contributed by atoms with Crippen LogP contribution in [0.25, 0.3) is 0 Å². The molecule has 2 aromatic carbocycles. The van der Waals surface area contributed by atoms with Crippen molar-refractivity contribution >= 4 is 11.6 Å². The smallest absolute Gasteiger partial charge is 0.282 e. The molecular formula is C22H31N2O4+. The number of nitrogens with one attached hydrogen (secondary N) is 1. The highest BCUT2D eigenvalue weighted by Gasteiger charge is 2.22. The van der Waals surface area contributed by atoms with Crippen LogP contribution < -0.4 is 24.8 Å². The van der Waals surface area contributed by atoms with Crippen LogP contribution >= 0.6 is 0 Å². The minimum Gasteiger partial charge on any atom is -0.495 e. The Labute approximate surface area is 167 Å². The Morgan fingerprint density at radius 1 is 1.00 bits per heavy atom. The van der Waals surface area contributed by atoms with Crippen LogP contribution in [0.5, 0.6) is 17.2 Å². The number of quaternary nitrogens is 1. The van der Waals surface area contributed by atoms with Gasteiger partial charge in [-0.1, -0.05) is 12.1 Å². The average molecular weight is 388 g/mol. The highest BCUT2D eigenvalue weighted by Crippen LogP contribution is 2.30. The molecule has 0 unspecified atom stereocenters. The van der Waals surface area contributed by atoms with Gasteiger partial charge in [0.1, 0.15) is 11.8 Å². The van der Waals surface area contributed by atoms with Crippen molar-refractivity contribution in [2.24, 2.45) is 0 Å². The Morgan fingerprint density at radius 3 is 2.36 bits per heavy atom. The monoisotopic (exact) mass is 387 g/mol. The fourth-order valence-electron chi connectivity index (χ4n) is 2.98. The first-order valence-corrected chi connectivity index (χ1v) is 9.68. The molecule has 0 aliphatic rings. The van der Waals surface area contributed by atoms with Crippen molar-refractivity contribution in [3.8, 4) is 17.2 Å². The molecule has 152 valence electrons. The van der Waals surface area contributed by atoms with E-state index in [-0.39, 0.29) is 18.0 Å². The molecule has 0 aliphatic carbocycles. The SMILES string of the molecule is CCOc1ccc([C@H](C)[NH2+][C@@H](C)C(=O)Nc2ccccc2OC)cc1OCC. The summed E-state index contributed by atoms with van der Waals surface area (Å²) in [6.45, 7) is 9.00. The van der Waals surface area contributed by atoms with Crippen LogP contribution in [0.3, 0.4) is 0 Å². The van der Waals surface area contributed by atoms with Crippen LogP contribution in [0.15, 0.2) is 42.5 Å². The van der Waals surface area contributed by atoms with Gasteiger partial charge in [0.15, 0.2) is 17.5 Å². The number of para-hydroxylation sites is 2. The summed E-state index contributed by atoms with van der Waals surface area (Å²) >= 11 is 0. The van der Waals surface area contributed by atoms with Gasteiger partial charge in [0, 0.05) is 5.56 Å². The van der Waals surface area contributed by atoms with Gasteiger partial charge < -0.3 is 24.8 Å². The fraction of sp³-hybridized carbons (Fsp3) is 0.409. The summed E-state index contributed by atoms with van der Waals surface area (Å²) in [5.74, 6) is 2.03. The van der Waals surface area contributed by atoms with Crippen LogP contribution in [-0.4, -0.2) is 32.3 Å². The van der Waals surface area contributed by atoms with Crippen LogP contribution in [-0.2, 0) is 4.79 Å². The minimum atomic E-state index is -0.276. The first kappa shape index (κ1) is 21.6. The standard InChI is InChI=1S/C22H30N2O4/c1-6-27-20-13-12-17(14-21(20)28-7-2)15(3)23-16(4)22(25)24-18-10-8-9-11-19(18)26-5/h8-16,23H,6-7H2,1-5H3,(H,24,25)/p+1/t15-,16-/m0/s1. The van der Waals surface area contributed by atoms with Crippen molar-refractivity contribution in [2.75, 3.05) is 25.6 Å². The van der Waals surface area contributed by atoms with E-state index in [0.717, 1.165) is 17.1 Å². The maximum absolute atomic E-state index is 12.6. The Hall–Kier alpha value is -2.73. The van der Waals surface area contributed by atoms with Crippen molar-refractivity contribution < 1.29 is 24.3 Å². The van der Waals surface area contributed by atoms with Crippen molar-refractivity contribution in [3.05, 3.63) is 48.0 Å². The lowest BCUT2D eigenvalue weighted by Crippen LogP contribution is -2.91. The van der Waals surface area contributed by atoms with E-state index < -0.39 is 0 Å². The molecule has 0 saturated carbocycles. The second-order valence-corrected chi connectivity index (χ2v) is 6.53. The fourth-order valence-corrected chi connectivity index (χ4v) is 2.98. The summed E-state index contributed by atoms with van der Waals surface area (Å²) in [5.41, 5.74) is 1.74. The third-order valence-electron chi connectivity index (χ3n) is 4.45. The highest BCUT2D eigenvalue weighted by molar-refractivity contribution is 5.94. The number of hydrogen-bond acceptors (Lipinski definition) is 4. The first-order valence-electron chi connectivity index (χ1n) is 9.68. The van der Waals surface area contributed by atoms with Gasteiger partial charge in [0.25, 0.3) is 5.91 Å².